The highest BCUT2D eigenvalue weighted by atomic mass is 32.2. The first-order valence-electron chi connectivity index (χ1n) is 27.4. The Hall–Kier alpha value is -2.61. The zero-order chi connectivity index (χ0) is 56.2. The van der Waals surface area contributed by atoms with Crippen molar-refractivity contribution in [2.24, 2.45) is 17.8 Å². The zero-order valence-electron chi connectivity index (χ0n) is 47.8. The fourth-order valence-corrected chi connectivity index (χ4v) is 12.8. The van der Waals surface area contributed by atoms with Crippen molar-refractivity contribution >= 4 is 23.4 Å². The number of benzene rings is 1. The van der Waals surface area contributed by atoms with Gasteiger partial charge >= 0.3 is 5.97 Å². The average Bonchev–Trinajstić information content (AvgIpc) is 3.84. The average molecular weight is 1100 g/mol. The van der Waals surface area contributed by atoms with E-state index in [4.69, 9.17) is 33.2 Å². The van der Waals surface area contributed by atoms with Crippen LogP contribution in [0.4, 0.5) is 10.1 Å². The molecule has 21 heteroatoms. The molecule has 0 amide bonds. The van der Waals surface area contributed by atoms with E-state index in [-0.39, 0.29) is 25.2 Å². The van der Waals surface area contributed by atoms with Gasteiger partial charge in [0.2, 0.25) is 0 Å². The van der Waals surface area contributed by atoms with Crippen LogP contribution in [0.15, 0.2) is 30.5 Å². The summed E-state index contributed by atoms with van der Waals surface area (Å²) >= 11 is 1.87. The Morgan fingerprint density at radius 1 is 0.961 bits per heavy atom. The molecule has 1 aromatic carbocycles. The first-order valence-corrected chi connectivity index (χ1v) is 28.7. The lowest BCUT2D eigenvalue weighted by Crippen LogP contribution is -2.61. The van der Waals surface area contributed by atoms with Crippen LogP contribution < -0.4 is 4.90 Å². The summed E-state index contributed by atoms with van der Waals surface area (Å²) in [6.45, 7) is 19.6. The van der Waals surface area contributed by atoms with Gasteiger partial charge in [-0.25, -0.2) is 9.07 Å². The fraction of sp³-hybridized carbons (Fsp3) is 0.836. The summed E-state index contributed by atoms with van der Waals surface area (Å²) in [5.74, 6) is -2.86. The lowest BCUT2D eigenvalue weighted by atomic mass is 9.77. The molecule has 76 heavy (non-hydrogen) atoms. The van der Waals surface area contributed by atoms with Crippen LogP contribution in [0.2, 0.25) is 0 Å². The summed E-state index contributed by atoms with van der Waals surface area (Å²) in [4.78, 5) is 20.8. The molecule has 434 valence electrons. The van der Waals surface area contributed by atoms with E-state index in [1.807, 2.05) is 61.6 Å². The number of esters is 1. The molecule has 4 aliphatic rings. The van der Waals surface area contributed by atoms with E-state index in [1.54, 1.807) is 61.8 Å². The van der Waals surface area contributed by atoms with Crippen molar-refractivity contribution in [1.29, 1.82) is 0 Å². The largest absolute Gasteiger partial charge is 0.459 e. The molecule has 0 bridgehead atoms. The van der Waals surface area contributed by atoms with E-state index in [1.165, 1.54) is 18.7 Å². The van der Waals surface area contributed by atoms with Gasteiger partial charge in [-0.15, -0.1) is 5.10 Å². The third-order valence-electron chi connectivity index (χ3n) is 17.3. The molecule has 1 aromatic heterocycles. The molecule has 5 heterocycles. The van der Waals surface area contributed by atoms with Gasteiger partial charge in [-0.3, -0.25) is 4.79 Å². The number of alkyl halides is 1. The van der Waals surface area contributed by atoms with Gasteiger partial charge in [0.05, 0.1) is 47.2 Å². The van der Waals surface area contributed by atoms with Gasteiger partial charge in [-0.2, -0.15) is 11.8 Å². The molecule has 4 saturated heterocycles. The number of hydrogen-bond acceptors (Lipinski definition) is 19. The standard InChI is InChI=1S/C55H93FN6O13S/c1-16-43-55(10,68)48(64)35(6)60(12)27-31(2)24-53(8,67)50(33(4)46(34(5)51(66)73-43)74-44-25-54(9,70-14)49(65)36(7)72-44)75-52-45(63)41(23-32(3)71-52)59(11)22-21-38-28-62(58-57-38)42(26-56)47(69-13)37-17-19-39(20-18-37)61-29-40(30-61)76-15/h17-20,28,31-36,40-50,52,63-65,67-68H,16,21-27,29-30H2,1-15H3/t31-,32-,33+,34-,35-,36+,41+,42+,43-,44+,45-,46+,47-,48-,49+,50-,52+,53-,54-,55-/m1/s1. The number of aromatic nitrogens is 3. The molecule has 19 nitrogen and oxygen atoms in total. The summed E-state index contributed by atoms with van der Waals surface area (Å²) in [7, 11) is 6.80. The predicted molar refractivity (Wildman–Crippen MR) is 288 cm³/mol. The second kappa shape index (κ2) is 26.3. The number of aliphatic hydroxyl groups excluding tert-OH is 3. The Morgan fingerprint density at radius 2 is 1.63 bits per heavy atom. The Labute approximate surface area is 455 Å². The van der Waals surface area contributed by atoms with Crippen LogP contribution in [0.3, 0.4) is 0 Å². The Kier molecular flexibility index (Phi) is 21.7. The van der Waals surface area contributed by atoms with Crippen LogP contribution in [0, 0.1) is 17.8 Å². The number of halogens is 1. The number of thioether (sulfide) groups is 1. The molecule has 4 fully saturated rings. The van der Waals surface area contributed by atoms with Crippen LogP contribution in [0.25, 0.3) is 0 Å². The van der Waals surface area contributed by atoms with Gasteiger partial charge in [0.25, 0.3) is 0 Å². The highest BCUT2D eigenvalue weighted by Crippen LogP contribution is 2.41. The topological polar surface area (TPSA) is 223 Å². The van der Waals surface area contributed by atoms with Gasteiger partial charge < -0.3 is 73.4 Å². The number of cyclic esters (lactones) is 1. The van der Waals surface area contributed by atoms with Gasteiger partial charge in [-0.1, -0.05) is 38.1 Å². The number of carbonyl (C=O) groups is 1. The van der Waals surface area contributed by atoms with E-state index < -0.39 is 127 Å². The van der Waals surface area contributed by atoms with Crippen molar-refractivity contribution in [3.8, 4) is 0 Å². The maximum Gasteiger partial charge on any atom is 0.311 e. The summed E-state index contributed by atoms with van der Waals surface area (Å²) < 4.78 is 60.7. The van der Waals surface area contributed by atoms with Gasteiger partial charge in [-0.05, 0) is 112 Å². The van der Waals surface area contributed by atoms with Gasteiger partial charge in [0, 0.05) is 88.4 Å². The Balaban J connectivity index is 1.24. The lowest BCUT2D eigenvalue weighted by molar-refractivity contribution is -0.318. The lowest BCUT2D eigenvalue weighted by Gasteiger charge is -2.49. The fourth-order valence-electron chi connectivity index (χ4n) is 12.2. The van der Waals surface area contributed by atoms with Crippen LogP contribution in [-0.2, 0) is 44.4 Å². The number of rotatable bonds is 17. The van der Waals surface area contributed by atoms with Crippen molar-refractivity contribution in [3.05, 3.63) is 41.7 Å². The van der Waals surface area contributed by atoms with E-state index in [0.717, 1.165) is 24.3 Å². The summed E-state index contributed by atoms with van der Waals surface area (Å²) in [6.07, 6.45) is -5.70. The normalized spacial score (nSPS) is 39.7. The van der Waals surface area contributed by atoms with E-state index in [0.29, 0.717) is 36.9 Å². The van der Waals surface area contributed by atoms with Crippen LogP contribution in [0.1, 0.15) is 118 Å². The van der Waals surface area contributed by atoms with Crippen LogP contribution in [0.5, 0.6) is 0 Å². The molecule has 0 radical (unpaired) electrons. The second-order valence-electron chi connectivity index (χ2n) is 23.4. The highest BCUT2D eigenvalue weighted by Gasteiger charge is 2.53. The summed E-state index contributed by atoms with van der Waals surface area (Å²) in [5, 5.41) is 69.3. The summed E-state index contributed by atoms with van der Waals surface area (Å²) in [5.41, 5.74) is -2.00. The van der Waals surface area contributed by atoms with Crippen molar-refractivity contribution in [2.45, 2.75) is 209 Å². The number of ether oxygens (including phenoxy) is 7. The molecule has 5 N–H and O–H groups in total. The maximum absolute atomic E-state index is 14.9. The first kappa shape index (κ1) is 62.6. The first-order chi connectivity index (χ1) is 35.7. The summed E-state index contributed by atoms with van der Waals surface area (Å²) in [6, 6.07) is 6.24. The van der Waals surface area contributed by atoms with E-state index in [2.05, 4.69) is 33.6 Å². The quantitative estimate of drug-likeness (QED) is 0.137. The zero-order valence-corrected chi connectivity index (χ0v) is 48.6. The van der Waals surface area contributed by atoms with Crippen molar-refractivity contribution < 1.29 is 67.9 Å². The molecule has 0 unspecified atom stereocenters. The highest BCUT2D eigenvalue weighted by molar-refractivity contribution is 7.99. The number of nitrogens with zero attached hydrogens (tertiary/aromatic N) is 6. The minimum absolute atomic E-state index is 0.0879. The molecule has 4 aliphatic heterocycles. The maximum atomic E-state index is 14.9. The molecule has 20 atom stereocenters. The van der Waals surface area contributed by atoms with Gasteiger partial charge in [0.15, 0.2) is 12.6 Å². The van der Waals surface area contributed by atoms with Gasteiger partial charge in [0.1, 0.15) is 48.8 Å². The van der Waals surface area contributed by atoms with Crippen molar-refractivity contribution in [2.75, 3.05) is 72.3 Å². The molecular weight excluding hydrogens is 1000 g/mol. The number of carbonyl (C=O) groups excluding carboxylic acids is 1. The van der Waals surface area contributed by atoms with Crippen LogP contribution >= 0.6 is 11.8 Å². The Bertz CT molecular complexity index is 2130. The molecular formula is C55H93FN6O13S. The minimum atomic E-state index is -1.85. The van der Waals surface area contributed by atoms with Crippen molar-refractivity contribution in [1.82, 2.24) is 24.8 Å². The molecule has 0 aliphatic carbocycles. The number of methoxy groups -OCH3 is 2. The monoisotopic (exact) mass is 1100 g/mol. The smallest absolute Gasteiger partial charge is 0.311 e. The second-order valence-corrected chi connectivity index (χ2v) is 24.5. The third kappa shape index (κ3) is 14.1. The Morgan fingerprint density at radius 3 is 2.24 bits per heavy atom. The molecule has 0 saturated carbocycles. The molecule has 2 aromatic rings. The van der Waals surface area contributed by atoms with E-state index in [9.17, 15) is 34.7 Å². The number of likely N-dealkylation sites (N-methyl/N-ethyl adjacent to an activating group) is 2. The number of anilines is 1. The molecule has 0 spiro atoms. The third-order valence-corrected chi connectivity index (χ3v) is 18.2. The predicted octanol–water partition coefficient (Wildman–Crippen LogP) is 4.56. The molecule has 6 rings (SSSR count). The SMILES string of the molecule is CC[C@H]1OC(=O)[C@H](C)[C@@H](O[C@H]2C[C@@](C)(OC)[C@@H](O)[C@H](C)O2)[C@H](C)[C@@H](O[C@@H]2O[C@H](C)C[C@H](N(C)CCc3cn([C@@H](CF)[C@H](OC)c4ccc(N5CC(SC)C5)cc4)nn3)[C@H]2O)[C@](C)(O)C[C@@H](C)CN(C)[C@H](C)[C@@H](O)[C@]1(C)O. The van der Waals surface area contributed by atoms with E-state index >= 15 is 0 Å². The number of aliphatic hydroxyl groups is 5. The van der Waals surface area contributed by atoms with Crippen molar-refractivity contribution in [3.63, 3.8) is 0 Å². The van der Waals surface area contributed by atoms with Crippen LogP contribution in [-0.4, -0.2) is 219 Å². The minimum Gasteiger partial charge on any atom is -0.459 e. The number of hydrogen-bond donors (Lipinski definition) is 5.